The SMILES string of the molecule is COCCN(CC(C)C)CC1(CO)CCCC(C)C1. The van der Waals surface area contributed by atoms with Crippen molar-refractivity contribution in [1.82, 2.24) is 4.90 Å². The number of aliphatic hydroxyl groups excluding tert-OH is 1. The molecule has 114 valence electrons. The van der Waals surface area contributed by atoms with Gasteiger partial charge >= 0.3 is 0 Å². The first-order valence-corrected chi connectivity index (χ1v) is 7.83. The molecule has 0 saturated heterocycles. The van der Waals surface area contributed by atoms with Crippen LogP contribution in [0.4, 0.5) is 0 Å². The van der Waals surface area contributed by atoms with Crippen LogP contribution in [0.25, 0.3) is 0 Å². The maximum absolute atomic E-state index is 9.91. The number of hydrogen-bond donors (Lipinski definition) is 1. The topological polar surface area (TPSA) is 32.7 Å². The second-order valence-electron chi connectivity index (χ2n) is 6.98. The Kier molecular flexibility index (Phi) is 7.33. The summed E-state index contributed by atoms with van der Waals surface area (Å²) in [5, 5.41) is 9.91. The lowest BCUT2D eigenvalue weighted by Gasteiger charge is -2.42. The van der Waals surface area contributed by atoms with E-state index < -0.39 is 0 Å². The maximum Gasteiger partial charge on any atom is 0.0589 e. The standard InChI is InChI=1S/C16H33NO2/c1-14(2)11-17(8-9-19-4)12-16(13-18)7-5-6-15(3)10-16/h14-15,18H,5-13H2,1-4H3. The fourth-order valence-electron chi connectivity index (χ4n) is 3.55. The zero-order valence-electron chi connectivity index (χ0n) is 13.3. The molecule has 3 heteroatoms. The van der Waals surface area contributed by atoms with Crippen LogP contribution in [-0.2, 0) is 4.74 Å². The third kappa shape index (κ3) is 5.80. The van der Waals surface area contributed by atoms with Gasteiger partial charge in [0.15, 0.2) is 0 Å². The molecule has 2 unspecified atom stereocenters. The van der Waals surface area contributed by atoms with E-state index in [1.807, 2.05) is 0 Å². The number of hydrogen-bond acceptors (Lipinski definition) is 3. The Morgan fingerprint density at radius 2 is 2.16 bits per heavy atom. The van der Waals surface area contributed by atoms with Crippen LogP contribution >= 0.6 is 0 Å². The van der Waals surface area contributed by atoms with Crippen LogP contribution in [0.5, 0.6) is 0 Å². The first-order valence-electron chi connectivity index (χ1n) is 7.83. The van der Waals surface area contributed by atoms with Crippen LogP contribution in [0.1, 0.15) is 46.5 Å². The molecule has 1 saturated carbocycles. The van der Waals surface area contributed by atoms with Crippen molar-refractivity contribution < 1.29 is 9.84 Å². The maximum atomic E-state index is 9.91. The molecule has 0 aliphatic heterocycles. The highest BCUT2D eigenvalue weighted by Gasteiger charge is 2.35. The second kappa shape index (κ2) is 8.23. The van der Waals surface area contributed by atoms with Gasteiger partial charge in [-0.25, -0.2) is 0 Å². The summed E-state index contributed by atoms with van der Waals surface area (Å²) in [6.07, 6.45) is 4.94. The van der Waals surface area contributed by atoms with E-state index in [1.54, 1.807) is 7.11 Å². The summed E-state index contributed by atoms with van der Waals surface area (Å²) in [4.78, 5) is 2.49. The van der Waals surface area contributed by atoms with Crippen molar-refractivity contribution >= 4 is 0 Å². The van der Waals surface area contributed by atoms with Gasteiger partial charge in [0.2, 0.25) is 0 Å². The van der Waals surface area contributed by atoms with E-state index in [4.69, 9.17) is 4.74 Å². The van der Waals surface area contributed by atoms with E-state index >= 15 is 0 Å². The Morgan fingerprint density at radius 1 is 1.42 bits per heavy atom. The molecule has 0 amide bonds. The van der Waals surface area contributed by atoms with E-state index in [-0.39, 0.29) is 5.41 Å². The normalized spacial score (nSPS) is 28.3. The van der Waals surface area contributed by atoms with E-state index in [2.05, 4.69) is 25.7 Å². The Morgan fingerprint density at radius 3 is 2.68 bits per heavy atom. The summed E-state index contributed by atoms with van der Waals surface area (Å²) in [7, 11) is 1.76. The van der Waals surface area contributed by atoms with Gasteiger partial charge in [-0.15, -0.1) is 0 Å². The number of methoxy groups -OCH3 is 1. The second-order valence-corrected chi connectivity index (χ2v) is 6.98. The monoisotopic (exact) mass is 271 g/mol. The van der Waals surface area contributed by atoms with Gasteiger partial charge < -0.3 is 14.7 Å². The molecule has 1 rings (SSSR count). The van der Waals surface area contributed by atoms with Crippen molar-refractivity contribution in [2.45, 2.75) is 46.5 Å². The fourth-order valence-corrected chi connectivity index (χ4v) is 3.55. The highest BCUT2D eigenvalue weighted by atomic mass is 16.5. The highest BCUT2D eigenvalue weighted by Crippen LogP contribution is 2.39. The van der Waals surface area contributed by atoms with E-state index in [1.165, 1.54) is 25.7 Å². The Labute approximate surface area is 119 Å². The summed E-state index contributed by atoms with van der Waals surface area (Å²) in [6, 6.07) is 0. The molecule has 1 N–H and O–H groups in total. The summed E-state index contributed by atoms with van der Waals surface area (Å²) < 4.78 is 5.23. The predicted molar refractivity (Wildman–Crippen MR) is 80.3 cm³/mol. The van der Waals surface area contributed by atoms with Crippen LogP contribution in [0.15, 0.2) is 0 Å². The van der Waals surface area contributed by atoms with Gasteiger partial charge in [-0.2, -0.15) is 0 Å². The largest absolute Gasteiger partial charge is 0.396 e. The van der Waals surface area contributed by atoms with Crippen LogP contribution < -0.4 is 0 Å². The number of aliphatic hydroxyl groups is 1. The number of rotatable bonds is 8. The van der Waals surface area contributed by atoms with Crippen molar-refractivity contribution in [3.63, 3.8) is 0 Å². The zero-order chi connectivity index (χ0) is 14.3. The van der Waals surface area contributed by atoms with Crippen molar-refractivity contribution in [3.8, 4) is 0 Å². The average molecular weight is 271 g/mol. The molecule has 1 aliphatic rings. The molecule has 0 aromatic carbocycles. The molecule has 0 aromatic heterocycles. The quantitative estimate of drug-likeness (QED) is 0.737. The predicted octanol–water partition coefficient (Wildman–Crippen LogP) is 2.78. The molecule has 1 fully saturated rings. The molecular formula is C16H33NO2. The lowest BCUT2D eigenvalue weighted by atomic mass is 9.70. The first-order chi connectivity index (χ1) is 9.01. The minimum absolute atomic E-state index is 0.125. The van der Waals surface area contributed by atoms with Crippen molar-refractivity contribution in [2.75, 3.05) is 40.0 Å². The van der Waals surface area contributed by atoms with Crippen molar-refractivity contribution in [1.29, 1.82) is 0 Å². The lowest BCUT2D eigenvalue weighted by molar-refractivity contribution is 0.0137. The first kappa shape index (κ1) is 16.9. The molecule has 1 aliphatic carbocycles. The van der Waals surface area contributed by atoms with Gasteiger partial charge in [0.1, 0.15) is 0 Å². The third-order valence-corrected chi connectivity index (χ3v) is 4.31. The summed E-state index contributed by atoms with van der Waals surface area (Å²) >= 11 is 0. The van der Waals surface area contributed by atoms with E-state index in [0.29, 0.717) is 12.5 Å². The molecule has 2 atom stereocenters. The van der Waals surface area contributed by atoms with E-state index in [9.17, 15) is 5.11 Å². The Balaban J connectivity index is 2.61. The van der Waals surface area contributed by atoms with Gasteiger partial charge in [-0.05, 0) is 24.7 Å². The van der Waals surface area contributed by atoms with Crippen LogP contribution in [-0.4, -0.2) is 50.0 Å². The fraction of sp³-hybridized carbons (Fsp3) is 1.00. The summed E-state index contributed by atoms with van der Waals surface area (Å²) in [5.41, 5.74) is 0.125. The van der Waals surface area contributed by atoms with E-state index in [0.717, 1.165) is 32.2 Å². The number of ether oxygens (including phenoxy) is 1. The minimum Gasteiger partial charge on any atom is -0.396 e. The third-order valence-electron chi connectivity index (χ3n) is 4.31. The van der Waals surface area contributed by atoms with Gasteiger partial charge in [0, 0.05) is 38.8 Å². The summed E-state index contributed by atoms with van der Waals surface area (Å²) in [5.74, 6) is 1.41. The van der Waals surface area contributed by atoms with Crippen molar-refractivity contribution in [2.24, 2.45) is 17.3 Å². The molecular weight excluding hydrogens is 238 g/mol. The van der Waals surface area contributed by atoms with Gasteiger partial charge in [0.05, 0.1) is 6.61 Å². The van der Waals surface area contributed by atoms with Crippen molar-refractivity contribution in [3.05, 3.63) is 0 Å². The molecule has 0 heterocycles. The van der Waals surface area contributed by atoms with Gasteiger partial charge in [-0.1, -0.05) is 33.6 Å². The summed E-state index contributed by atoms with van der Waals surface area (Å²) in [6.45, 7) is 11.1. The molecule has 0 radical (unpaired) electrons. The van der Waals surface area contributed by atoms with Gasteiger partial charge in [-0.3, -0.25) is 0 Å². The van der Waals surface area contributed by atoms with Crippen LogP contribution in [0.2, 0.25) is 0 Å². The molecule has 0 aromatic rings. The van der Waals surface area contributed by atoms with Crippen LogP contribution in [0.3, 0.4) is 0 Å². The Hall–Kier alpha value is -0.120. The molecule has 3 nitrogen and oxygen atoms in total. The molecule has 0 spiro atoms. The number of nitrogens with zero attached hydrogens (tertiary/aromatic N) is 1. The average Bonchev–Trinajstić information content (AvgIpc) is 2.35. The van der Waals surface area contributed by atoms with Gasteiger partial charge in [0.25, 0.3) is 0 Å². The molecule has 0 bridgehead atoms. The highest BCUT2D eigenvalue weighted by molar-refractivity contribution is 4.88. The Bertz CT molecular complexity index is 245. The minimum atomic E-state index is 0.125. The zero-order valence-corrected chi connectivity index (χ0v) is 13.3. The van der Waals surface area contributed by atoms with Crippen LogP contribution in [0, 0.1) is 17.3 Å². The molecule has 19 heavy (non-hydrogen) atoms. The lowest BCUT2D eigenvalue weighted by Crippen LogP contribution is -2.45. The smallest absolute Gasteiger partial charge is 0.0589 e.